The zero-order valence-corrected chi connectivity index (χ0v) is 10.4. The Morgan fingerprint density at radius 3 is 2.47 bits per heavy atom. The number of aliphatic hydroxyl groups is 1. The van der Waals surface area contributed by atoms with Gasteiger partial charge >= 0.3 is 0 Å². The summed E-state index contributed by atoms with van der Waals surface area (Å²) in [4.78, 5) is 0. The second-order valence-electron chi connectivity index (χ2n) is 5.61. The predicted octanol–water partition coefficient (Wildman–Crippen LogP) is 2.71. The molecule has 0 aliphatic heterocycles. The van der Waals surface area contributed by atoms with Crippen LogP contribution in [0.3, 0.4) is 0 Å². The second kappa shape index (κ2) is 6.49. The fraction of sp³-hybridized carbons (Fsp3) is 1.00. The van der Waals surface area contributed by atoms with Crippen LogP contribution in [0.4, 0.5) is 0 Å². The van der Waals surface area contributed by atoms with Crippen molar-refractivity contribution < 1.29 is 5.11 Å². The van der Waals surface area contributed by atoms with Gasteiger partial charge in [0.15, 0.2) is 0 Å². The van der Waals surface area contributed by atoms with Gasteiger partial charge in [-0.1, -0.05) is 25.7 Å². The maximum atomic E-state index is 9.51. The average Bonchev–Trinajstić information content (AvgIpc) is 2.61. The summed E-state index contributed by atoms with van der Waals surface area (Å²) in [6, 6.07) is 0. The van der Waals surface area contributed by atoms with E-state index in [1.54, 1.807) is 0 Å². The number of nitrogens with one attached hydrogen (secondary N) is 1. The number of hydrogen-bond acceptors (Lipinski definition) is 2. The fourth-order valence-corrected chi connectivity index (χ4v) is 2.33. The highest BCUT2D eigenvalue weighted by Gasteiger charge is 2.14. The van der Waals surface area contributed by atoms with Crippen LogP contribution in [-0.2, 0) is 0 Å². The average molecular weight is 213 g/mol. The van der Waals surface area contributed by atoms with E-state index in [4.69, 9.17) is 0 Å². The lowest BCUT2D eigenvalue weighted by Gasteiger charge is -2.17. The summed E-state index contributed by atoms with van der Waals surface area (Å²) in [5.41, 5.74) is -0.515. The monoisotopic (exact) mass is 213 g/mol. The first-order chi connectivity index (χ1) is 7.08. The van der Waals surface area contributed by atoms with Crippen LogP contribution >= 0.6 is 0 Å². The summed E-state index contributed by atoms with van der Waals surface area (Å²) < 4.78 is 0. The number of rotatable bonds is 7. The maximum Gasteiger partial charge on any atom is 0.0603 e. The quantitative estimate of drug-likeness (QED) is 0.637. The Labute approximate surface area is 94.5 Å². The molecule has 2 nitrogen and oxygen atoms in total. The van der Waals surface area contributed by atoms with Gasteiger partial charge in [-0.05, 0) is 52.1 Å². The third-order valence-corrected chi connectivity index (χ3v) is 3.35. The van der Waals surface area contributed by atoms with E-state index in [0.717, 1.165) is 25.4 Å². The first-order valence-corrected chi connectivity index (χ1v) is 6.51. The van der Waals surface area contributed by atoms with Gasteiger partial charge in [0.2, 0.25) is 0 Å². The van der Waals surface area contributed by atoms with Crippen LogP contribution in [-0.4, -0.2) is 23.8 Å². The molecule has 0 radical (unpaired) electrons. The standard InChI is InChI=1S/C13H27NO/c1-13(2,15)9-11-14-10-5-8-12-6-3-4-7-12/h12,14-15H,3-11H2,1-2H3. The number of hydrogen-bond donors (Lipinski definition) is 2. The van der Waals surface area contributed by atoms with Gasteiger partial charge in [-0.3, -0.25) is 0 Å². The Hall–Kier alpha value is -0.0800. The van der Waals surface area contributed by atoms with Crippen LogP contribution in [0.15, 0.2) is 0 Å². The highest BCUT2D eigenvalue weighted by molar-refractivity contribution is 4.69. The molecule has 0 heterocycles. The lowest BCUT2D eigenvalue weighted by Crippen LogP contribution is -2.27. The molecule has 0 bridgehead atoms. The minimum Gasteiger partial charge on any atom is -0.390 e. The molecular weight excluding hydrogens is 186 g/mol. The highest BCUT2D eigenvalue weighted by atomic mass is 16.3. The highest BCUT2D eigenvalue weighted by Crippen LogP contribution is 2.28. The van der Waals surface area contributed by atoms with Gasteiger partial charge in [-0.15, -0.1) is 0 Å². The molecule has 1 fully saturated rings. The van der Waals surface area contributed by atoms with E-state index in [1.165, 1.54) is 38.5 Å². The van der Waals surface area contributed by atoms with E-state index in [2.05, 4.69) is 5.32 Å². The lowest BCUT2D eigenvalue weighted by atomic mass is 10.0. The van der Waals surface area contributed by atoms with Crippen LogP contribution in [0, 0.1) is 5.92 Å². The van der Waals surface area contributed by atoms with Crippen molar-refractivity contribution in [2.75, 3.05) is 13.1 Å². The van der Waals surface area contributed by atoms with Crippen molar-refractivity contribution in [3.8, 4) is 0 Å². The van der Waals surface area contributed by atoms with Crippen LogP contribution in [0.1, 0.15) is 58.8 Å². The van der Waals surface area contributed by atoms with Gasteiger partial charge in [-0.2, -0.15) is 0 Å². The van der Waals surface area contributed by atoms with Crippen LogP contribution in [0.5, 0.6) is 0 Å². The Kier molecular flexibility index (Phi) is 5.62. The smallest absolute Gasteiger partial charge is 0.0603 e. The van der Waals surface area contributed by atoms with Crippen molar-refractivity contribution in [3.05, 3.63) is 0 Å². The van der Waals surface area contributed by atoms with Crippen molar-refractivity contribution in [2.24, 2.45) is 5.92 Å². The molecule has 0 spiro atoms. The van der Waals surface area contributed by atoms with Gasteiger partial charge in [0, 0.05) is 0 Å². The van der Waals surface area contributed by atoms with Crippen LogP contribution < -0.4 is 5.32 Å². The predicted molar refractivity (Wildman–Crippen MR) is 65.0 cm³/mol. The maximum absolute atomic E-state index is 9.51. The van der Waals surface area contributed by atoms with Gasteiger partial charge in [-0.25, -0.2) is 0 Å². The summed E-state index contributed by atoms with van der Waals surface area (Å²) in [5.74, 6) is 1.01. The zero-order valence-electron chi connectivity index (χ0n) is 10.4. The molecule has 0 aromatic carbocycles. The van der Waals surface area contributed by atoms with Crippen LogP contribution in [0.25, 0.3) is 0 Å². The summed E-state index contributed by atoms with van der Waals surface area (Å²) in [7, 11) is 0. The molecule has 1 saturated carbocycles. The normalized spacial score (nSPS) is 18.6. The van der Waals surface area contributed by atoms with E-state index >= 15 is 0 Å². The minimum absolute atomic E-state index is 0.515. The summed E-state index contributed by atoms with van der Waals surface area (Å²) in [6.45, 7) is 5.79. The van der Waals surface area contributed by atoms with Gasteiger partial charge in [0.05, 0.1) is 5.60 Å². The summed E-state index contributed by atoms with van der Waals surface area (Å²) in [6.07, 6.45) is 9.38. The van der Waals surface area contributed by atoms with E-state index in [9.17, 15) is 5.11 Å². The molecule has 1 aliphatic rings. The molecule has 90 valence electrons. The van der Waals surface area contributed by atoms with Gasteiger partial charge < -0.3 is 10.4 Å². The SMILES string of the molecule is CC(C)(O)CCNCCCC1CCCC1. The largest absolute Gasteiger partial charge is 0.390 e. The molecular formula is C13H27NO. The lowest BCUT2D eigenvalue weighted by molar-refractivity contribution is 0.0712. The molecule has 2 N–H and O–H groups in total. The van der Waals surface area contributed by atoms with Crippen molar-refractivity contribution >= 4 is 0 Å². The van der Waals surface area contributed by atoms with Crippen molar-refractivity contribution in [2.45, 2.75) is 64.4 Å². The fourth-order valence-electron chi connectivity index (χ4n) is 2.33. The van der Waals surface area contributed by atoms with Crippen molar-refractivity contribution in [3.63, 3.8) is 0 Å². The zero-order chi connectivity index (χ0) is 11.1. The van der Waals surface area contributed by atoms with Gasteiger partial charge in [0.1, 0.15) is 0 Å². The van der Waals surface area contributed by atoms with E-state index in [-0.39, 0.29) is 0 Å². The third kappa shape index (κ3) is 6.91. The topological polar surface area (TPSA) is 32.3 Å². The van der Waals surface area contributed by atoms with E-state index in [1.807, 2.05) is 13.8 Å². The second-order valence-corrected chi connectivity index (χ2v) is 5.61. The first kappa shape index (κ1) is 13.0. The molecule has 0 aromatic heterocycles. The first-order valence-electron chi connectivity index (χ1n) is 6.51. The molecule has 0 amide bonds. The molecule has 0 unspecified atom stereocenters. The van der Waals surface area contributed by atoms with Crippen LogP contribution in [0.2, 0.25) is 0 Å². The van der Waals surface area contributed by atoms with Crippen molar-refractivity contribution in [1.29, 1.82) is 0 Å². The summed E-state index contributed by atoms with van der Waals surface area (Å²) in [5, 5.41) is 12.9. The third-order valence-electron chi connectivity index (χ3n) is 3.35. The Morgan fingerprint density at radius 2 is 1.87 bits per heavy atom. The Bertz CT molecular complexity index is 156. The van der Waals surface area contributed by atoms with E-state index < -0.39 is 5.60 Å². The van der Waals surface area contributed by atoms with Crippen molar-refractivity contribution in [1.82, 2.24) is 5.32 Å². The molecule has 0 aromatic rings. The summed E-state index contributed by atoms with van der Waals surface area (Å²) >= 11 is 0. The Balaban J connectivity index is 1.84. The molecule has 1 rings (SSSR count). The van der Waals surface area contributed by atoms with E-state index in [0.29, 0.717) is 0 Å². The van der Waals surface area contributed by atoms with Gasteiger partial charge in [0.25, 0.3) is 0 Å². The molecule has 2 heteroatoms. The Morgan fingerprint density at radius 1 is 1.20 bits per heavy atom. The molecule has 0 saturated heterocycles. The minimum atomic E-state index is -0.515. The molecule has 15 heavy (non-hydrogen) atoms. The molecule has 0 atom stereocenters. The molecule has 1 aliphatic carbocycles.